The van der Waals surface area contributed by atoms with Crippen LogP contribution in [-0.2, 0) is 0 Å². The molecule has 1 aromatic carbocycles. The second-order valence-electron chi connectivity index (χ2n) is 5.97. The first-order valence-corrected chi connectivity index (χ1v) is 8.97. The number of benzene rings is 1. The van der Waals surface area contributed by atoms with Gasteiger partial charge in [-0.2, -0.15) is 0 Å². The van der Waals surface area contributed by atoms with Gasteiger partial charge in [0.15, 0.2) is 5.06 Å². The fraction of sp³-hybridized carbons (Fsp3) is 0.471. The number of aliphatic hydroxyl groups excluding tert-OH is 1. The van der Waals surface area contributed by atoms with Gasteiger partial charge in [0.2, 0.25) is 0 Å². The quantitative estimate of drug-likeness (QED) is 0.828. The summed E-state index contributed by atoms with van der Waals surface area (Å²) < 4.78 is 5.62. The van der Waals surface area contributed by atoms with Crippen LogP contribution in [-0.4, -0.2) is 65.5 Å². The lowest BCUT2D eigenvalue weighted by atomic mass is 10.2. The summed E-state index contributed by atoms with van der Waals surface area (Å²) in [5.74, 6) is 0.319. The van der Waals surface area contributed by atoms with Crippen LogP contribution >= 0.6 is 11.3 Å². The van der Waals surface area contributed by atoms with Crippen molar-refractivity contribution in [2.45, 2.75) is 13.0 Å². The predicted octanol–water partition coefficient (Wildman–Crippen LogP) is 1.72. The Morgan fingerprint density at radius 2 is 2.00 bits per heavy atom. The summed E-state index contributed by atoms with van der Waals surface area (Å²) in [5.41, 5.74) is 3.49. The molecule has 3 rings (SSSR count). The minimum absolute atomic E-state index is 0.280. The maximum absolute atomic E-state index is 10.2. The molecule has 1 aliphatic rings. The number of thiazole rings is 1. The molecular formula is C17H23N3O3S. The minimum atomic E-state index is -0.525. The number of ether oxygens (including phenoxy) is 1. The topological polar surface area (TPSA) is 69.1 Å². The normalized spacial score (nSPS) is 17.0. The molecule has 1 atom stereocenters. The van der Waals surface area contributed by atoms with Crippen LogP contribution in [0.1, 0.15) is 5.69 Å². The zero-order chi connectivity index (χ0) is 16.9. The Hall–Kier alpha value is -1.83. The number of aromatic nitrogens is 1. The predicted molar refractivity (Wildman–Crippen MR) is 95.1 cm³/mol. The first kappa shape index (κ1) is 17.0. The minimum Gasteiger partial charge on any atom is -0.506 e. The summed E-state index contributed by atoms with van der Waals surface area (Å²) in [6.45, 7) is 6.14. The van der Waals surface area contributed by atoms with Gasteiger partial charge < -0.3 is 19.8 Å². The molecule has 0 radical (unpaired) electrons. The third-order valence-electron chi connectivity index (χ3n) is 4.17. The zero-order valence-corrected chi connectivity index (χ0v) is 14.6. The van der Waals surface area contributed by atoms with E-state index in [1.807, 2.05) is 25.1 Å². The van der Waals surface area contributed by atoms with E-state index in [0.29, 0.717) is 12.3 Å². The van der Waals surface area contributed by atoms with E-state index in [4.69, 9.17) is 4.74 Å². The second-order valence-corrected chi connectivity index (χ2v) is 6.78. The monoisotopic (exact) mass is 349 g/mol. The fourth-order valence-corrected chi connectivity index (χ4v) is 3.52. The summed E-state index contributed by atoms with van der Waals surface area (Å²) in [6.07, 6.45) is -0.525. The summed E-state index contributed by atoms with van der Waals surface area (Å²) in [6, 6.07) is 7.41. The molecule has 0 amide bonds. The number of aliphatic hydroxyl groups is 1. The van der Waals surface area contributed by atoms with Gasteiger partial charge in [-0.05, 0) is 19.1 Å². The molecule has 0 saturated carbocycles. The molecule has 1 aromatic heterocycles. The van der Waals surface area contributed by atoms with Crippen molar-refractivity contribution in [3.8, 4) is 10.8 Å². The number of hydrogen-bond donors (Lipinski definition) is 2. The second kappa shape index (κ2) is 7.83. The van der Waals surface area contributed by atoms with Crippen LogP contribution in [0.15, 0.2) is 29.8 Å². The number of β-amino-alcohol motifs (C(OH)–C–C–N with tert-alkyl or cyclic N) is 1. The van der Waals surface area contributed by atoms with Crippen molar-refractivity contribution in [2.24, 2.45) is 0 Å². The highest BCUT2D eigenvalue weighted by Gasteiger charge is 2.21. The van der Waals surface area contributed by atoms with Crippen LogP contribution < -0.4 is 9.64 Å². The number of nitrogens with zero attached hydrogens (tertiary/aromatic N) is 3. The van der Waals surface area contributed by atoms with Gasteiger partial charge in [0.1, 0.15) is 18.5 Å². The fourth-order valence-electron chi connectivity index (χ4n) is 2.86. The van der Waals surface area contributed by atoms with Crippen LogP contribution in [0.5, 0.6) is 10.8 Å². The Balaban J connectivity index is 1.43. The van der Waals surface area contributed by atoms with Gasteiger partial charge >= 0.3 is 0 Å². The molecule has 1 aliphatic heterocycles. The van der Waals surface area contributed by atoms with Crippen LogP contribution in [0.25, 0.3) is 0 Å². The SMILES string of the molecule is Cc1ncsc1OCC(O)CN1CCN(c2ccccc2O)CC1. The van der Waals surface area contributed by atoms with Gasteiger partial charge in [0.25, 0.3) is 0 Å². The number of anilines is 1. The van der Waals surface area contributed by atoms with Crippen molar-refractivity contribution in [1.29, 1.82) is 0 Å². The maximum atomic E-state index is 10.2. The summed E-state index contributed by atoms with van der Waals surface area (Å²) in [5, 5.41) is 20.9. The Labute approximate surface area is 145 Å². The average molecular weight is 349 g/mol. The van der Waals surface area contributed by atoms with E-state index in [0.717, 1.165) is 42.6 Å². The largest absolute Gasteiger partial charge is 0.506 e. The molecule has 1 fully saturated rings. The van der Waals surface area contributed by atoms with Crippen molar-refractivity contribution >= 4 is 17.0 Å². The summed E-state index contributed by atoms with van der Waals surface area (Å²) >= 11 is 1.45. The van der Waals surface area contributed by atoms with Gasteiger partial charge in [0.05, 0.1) is 16.9 Å². The molecule has 0 aliphatic carbocycles. The molecule has 24 heavy (non-hydrogen) atoms. The molecule has 6 nitrogen and oxygen atoms in total. The number of phenols is 1. The molecule has 0 bridgehead atoms. The molecule has 2 heterocycles. The molecule has 1 unspecified atom stereocenters. The van der Waals surface area contributed by atoms with E-state index in [1.165, 1.54) is 11.3 Å². The third kappa shape index (κ3) is 4.17. The number of aromatic hydroxyl groups is 1. The van der Waals surface area contributed by atoms with E-state index in [2.05, 4.69) is 14.8 Å². The molecule has 130 valence electrons. The average Bonchev–Trinajstić information content (AvgIpc) is 2.99. The first-order chi connectivity index (χ1) is 11.6. The smallest absolute Gasteiger partial charge is 0.197 e. The Morgan fingerprint density at radius 3 is 2.67 bits per heavy atom. The molecular weight excluding hydrogens is 326 g/mol. The molecule has 2 aromatic rings. The van der Waals surface area contributed by atoms with E-state index >= 15 is 0 Å². The number of hydrogen-bond acceptors (Lipinski definition) is 7. The van der Waals surface area contributed by atoms with Gasteiger partial charge in [-0.15, -0.1) is 0 Å². The van der Waals surface area contributed by atoms with Crippen molar-refractivity contribution in [3.63, 3.8) is 0 Å². The third-order valence-corrected chi connectivity index (χ3v) is 5.01. The van der Waals surface area contributed by atoms with Gasteiger partial charge in [-0.3, -0.25) is 4.90 Å². The molecule has 0 spiro atoms. The highest BCUT2D eigenvalue weighted by atomic mass is 32.1. The van der Waals surface area contributed by atoms with Crippen LogP contribution in [0.4, 0.5) is 5.69 Å². The van der Waals surface area contributed by atoms with Crippen LogP contribution in [0.2, 0.25) is 0 Å². The highest BCUT2D eigenvalue weighted by molar-refractivity contribution is 7.11. The van der Waals surface area contributed by atoms with Crippen molar-refractivity contribution in [2.75, 3.05) is 44.2 Å². The first-order valence-electron chi connectivity index (χ1n) is 8.09. The lowest BCUT2D eigenvalue weighted by molar-refractivity contribution is 0.0673. The Morgan fingerprint density at radius 1 is 1.25 bits per heavy atom. The number of rotatable bonds is 6. The van der Waals surface area contributed by atoms with Crippen molar-refractivity contribution in [1.82, 2.24) is 9.88 Å². The van der Waals surface area contributed by atoms with Crippen molar-refractivity contribution < 1.29 is 14.9 Å². The Bertz CT molecular complexity index is 656. The van der Waals surface area contributed by atoms with Gasteiger partial charge in [-0.25, -0.2) is 4.98 Å². The van der Waals surface area contributed by atoms with Gasteiger partial charge in [0, 0.05) is 32.7 Å². The lowest BCUT2D eigenvalue weighted by Gasteiger charge is -2.37. The number of aryl methyl sites for hydroxylation is 1. The lowest BCUT2D eigenvalue weighted by Crippen LogP contribution is -2.49. The number of piperazine rings is 1. The summed E-state index contributed by atoms with van der Waals surface area (Å²) in [4.78, 5) is 8.53. The standard InChI is InChI=1S/C17H23N3O3S/c1-13-17(24-12-18-13)23-11-14(21)10-19-6-8-20(9-7-19)15-4-2-3-5-16(15)22/h2-5,12,14,21-22H,6-11H2,1H3. The summed E-state index contributed by atoms with van der Waals surface area (Å²) in [7, 11) is 0. The molecule has 2 N–H and O–H groups in total. The molecule has 1 saturated heterocycles. The van der Waals surface area contributed by atoms with E-state index < -0.39 is 6.10 Å². The van der Waals surface area contributed by atoms with Gasteiger partial charge in [-0.1, -0.05) is 23.5 Å². The van der Waals surface area contributed by atoms with E-state index in [9.17, 15) is 10.2 Å². The maximum Gasteiger partial charge on any atom is 0.197 e. The number of phenolic OH excluding ortho intramolecular Hbond substituents is 1. The zero-order valence-electron chi connectivity index (χ0n) is 13.8. The van der Waals surface area contributed by atoms with Crippen molar-refractivity contribution in [3.05, 3.63) is 35.5 Å². The van der Waals surface area contributed by atoms with Crippen LogP contribution in [0, 0.1) is 6.92 Å². The number of para-hydroxylation sites is 2. The Kier molecular flexibility index (Phi) is 5.55. The van der Waals surface area contributed by atoms with E-state index in [1.54, 1.807) is 11.6 Å². The van der Waals surface area contributed by atoms with E-state index in [-0.39, 0.29) is 6.61 Å². The highest BCUT2D eigenvalue weighted by Crippen LogP contribution is 2.27. The molecule has 7 heteroatoms. The van der Waals surface area contributed by atoms with Crippen LogP contribution in [0.3, 0.4) is 0 Å².